The van der Waals surface area contributed by atoms with Gasteiger partial charge in [-0.05, 0) is 82.8 Å². The van der Waals surface area contributed by atoms with E-state index < -0.39 is 36.0 Å². The molecule has 0 saturated heterocycles. The predicted molar refractivity (Wildman–Crippen MR) is 227 cm³/mol. The molecule has 0 bridgehead atoms. The zero-order valence-corrected chi connectivity index (χ0v) is 34.0. The molecule has 5 aromatic carbocycles. The SMILES string of the molecule is Cc1ccc(-c2ccc(C[C@H](NC(=O)[C@@H]3Cc4cc5c(cc4CN3C(=O)c3ccccn3)OC(c3ccc(OCc4ccc(Cl)c(Cl)c4)cc3)C(=O)C5)C(=O)O)cc2)cc1. The Morgan fingerprint density at radius 3 is 2.25 bits per heavy atom. The van der Waals surface area contributed by atoms with Crippen LogP contribution in [0.3, 0.4) is 0 Å². The van der Waals surface area contributed by atoms with Crippen molar-refractivity contribution in [2.24, 2.45) is 0 Å². The maximum atomic E-state index is 14.1. The second-order valence-electron chi connectivity index (χ2n) is 15.0. The van der Waals surface area contributed by atoms with E-state index in [1.807, 2.05) is 73.7 Å². The number of aromatic nitrogens is 1. The van der Waals surface area contributed by atoms with E-state index in [9.17, 15) is 24.3 Å². The molecule has 12 heteroatoms. The second kappa shape index (κ2) is 17.4. The summed E-state index contributed by atoms with van der Waals surface area (Å²) in [7, 11) is 0. The number of ketones is 1. The van der Waals surface area contributed by atoms with Crippen LogP contribution in [0.4, 0.5) is 0 Å². The average Bonchev–Trinajstić information content (AvgIpc) is 3.26. The number of fused-ring (bicyclic) bond motifs is 2. The van der Waals surface area contributed by atoms with Gasteiger partial charge in [-0.25, -0.2) is 4.79 Å². The quantitative estimate of drug-likeness (QED) is 0.133. The summed E-state index contributed by atoms with van der Waals surface area (Å²) in [5.41, 5.74) is 7.73. The first-order chi connectivity index (χ1) is 29.0. The Bertz CT molecular complexity index is 2580. The van der Waals surface area contributed by atoms with E-state index in [1.165, 1.54) is 11.1 Å². The molecular weight excluding hydrogens is 801 g/mol. The minimum Gasteiger partial charge on any atom is -0.489 e. The Balaban J connectivity index is 0.994. The maximum absolute atomic E-state index is 14.1. The lowest BCUT2D eigenvalue weighted by Gasteiger charge is -2.37. The molecule has 0 spiro atoms. The molecular formula is C48H39Cl2N3O7. The van der Waals surface area contributed by atoms with Crippen molar-refractivity contribution in [2.75, 3.05) is 0 Å². The van der Waals surface area contributed by atoms with Gasteiger partial charge < -0.3 is 24.8 Å². The highest BCUT2D eigenvalue weighted by Gasteiger charge is 2.39. The van der Waals surface area contributed by atoms with Gasteiger partial charge in [-0.3, -0.25) is 19.4 Å². The summed E-state index contributed by atoms with van der Waals surface area (Å²) in [5, 5.41) is 13.9. The fourth-order valence-electron chi connectivity index (χ4n) is 7.54. The lowest BCUT2D eigenvalue weighted by molar-refractivity contribution is -0.142. The number of amides is 2. The third kappa shape index (κ3) is 8.90. The van der Waals surface area contributed by atoms with Crippen LogP contribution in [0.2, 0.25) is 10.0 Å². The van der Waals surface area contributed by atoms with Crippen LogP contribution in [0.5, 0.6) is 11.5 Å². The van der Waals surface area contributed by atoms with E-state index in [0.717, 1.165) is 38.9 Å². The van der Waals surface area contributed by atoms with Crippen molar-refractivity contribution in [1.29, 1.82) is 0 Å². The highest BCUT2D eigenvalue weighted by molar-refractivity contribution is 6.42. The standard InChI is InChI=1S/C48H39Cl2N3O7/c1-28-5-10-31(11-6-28)32-12-7-29(8-13-32)21-41(48(57)58)52-46(55)42-23-34-22-35-24-43(54)45(33-14-16-37(17-15-33)59-27-30-9-18-38(49)39(50)20-30)60-44(35)25-36(34)26-53(42)47(56)40-4-2-3-19-51-40/h2-20,22,25,41-42,45H,21,23-24,26-27H2,1H3,(H,52,55)(H,57,58)/t41-,42-,45?/m0/s1. The summed E-state index contributed by atoms with van der Waals surface area (Å²) >= 11 is 12.2. The highest BCUT2D eigenvalue weighted by atomic mass is 35.5. The summed E-state index contributed by atoms with van der Waals surface area (Å²) in [6.45, 7) is 2.33. The number of aliphatic carboxylic acids is 1. The first kappa shape index (κ1) is 40.3. The zero-order valence-electron chi connectivity index (χ0n) is 32.4. The number of carbonyl (C=O) groups excluding carboxylic acids is 3. The number of aryl methyl sites for hydroxylation is 1. The minimum absolute atomic E-state index is 0.0289. The van der Waals surface area contributed by atoms with E-state index in [4.69, 9.17) is 32.7 Å². The molecule has 8 rings (SSSR count). The molecule has 2 amide bonds. The van der Waals surface area contributed by atoms with Crippen LogP contribution in [0, 0.1) is 6.92 Å². The van der Waals surface area contributed by atoms with Crippen LogP contribution in [0.15, 0.2) is 128 Å². The number of hydrogen-bond acceptors (Lipinski definition) is 7. The molecule has 2 aliphatic heterocycles. The molecule has 60 heavy (non-hydrogen) atoms. The van der Waals surface area contributed by atoms with Crippen molar-refractivity contribution in [1.82, 2.24) is 15.2 Å². The van der Waals surface area contributed by atoms with Crippen LogP contribution in [0.25, 0.3) is 11.1 Å². The summed E-state index contributed by atoms with van der Waals surface area (Å²) in [5.74, 6) is -1.32. The highest BCUT2D eigenvalue weighted by Crippen LogP contribution is 2.38. The Hall–Kier alpha value is -6.49. The number of nitrogens with zero attached hydrogens (tertiary/aromatic N) is 2. The first-order valence-electron chi connectivity index (χ1n) is 19.4. The lowest BCUT2D eigenvalue weighted by Crippen LogP contribution is -2.56. The van der Waals surface area contributed by atoms with E-state index in [-0.39, 0.29) is 43.9 Å². The lowest BCUT2D eigenvalue weighted by atomic mass is 9.88. The number of nitrogens with one attached hydrogen (secondary N) is 1. The molecule has 1 aromatic heterocycles. The predicted octanol–water partition coefficient (Wildman–Crippen LogP) is 8.57. The van der Waals surface area contributed by atoms with Gasteiger partial charge in [-0.1, -0.05) is 108 Å². The van der Waals surface area contributed by atoms with Gasteiger partial charge >= 0.3 is 5.97 Å². The number of halogens is 2. The monoisotopic (exact) mass is 839 g/mol. The molecule has 1 unspecified atom stereocenters. The molecule has 10 nitrogen and oxygen atoms in total. The molecule has 0 fully saturated rings. The number of rotatable bonds is 11. The number of Topliss-reactive ketones (excluding diaryl/α,β-unsaturated/α-hetero) is 1. The van der Waals surface area contributed by atoms with Crippen LogP contribution >= 0.6 is 23.2 Å². The Morgan fingerprint density at radius 2 is 1.57 bits per heavy atom. The molecule has 0 radical (unpaired) electrons. The normalized spacial score (nSPS) is 16.2. The summed E-state index contributed by atoms with van der Waals surface area (Å²) in [4.78, 5) is 59.9. The molecule has 0 aliphatic carbocycles. The maximum Gasteiger partial charge on any atom is 0.326 e. The Morgan fingerprint density at radius 1 is 0.850 bits per heavy atom. The van der Waals surface area contributed by atoms with Gasteiger partial charge in [0.05, 0.1) is 10.0 Å². The number of benzene rings is 5. The van der Waals surface area contributed by atoms with Crippen molar-refractivity contribution in [3.8, 4) is 22.6 Å². The van der Waals surface area contributed by atoms with Crippen LogP contribution in [-0.4, -0.2) is 50.6 Å². The average molecular weight is 841 g/mol. The second-order valence-corrected chi connectivity index (χ2v) is 15.8. The van der Waals surface area contributed by atoms with Crippen LogP contribution in [-0.2, 0) is 46.8 Å². The van der Waals surface area contributed by atoms with E-state index in [2.05, 4.69) is 10.3 Å². The van der Waals surface area contributed by atoms with Gasteiger partial charge in [0, 0.05) is 43.1 Å². The van der Waals surface area contributed by atoms with Gasteiger partial charge in [0.1, 0.15) is 35.9 Å². The third-order valence-electron chi connectivity index (χ3n) is 10.8. The van der Waals surface area contributed by atoms with Crippen LogP contribution < -0.4 is 14.8 Å². The molecule has 302 valence electrons. The van der Waals surface area contributed by atoms with Crippen molar-refractivity contribution >= 4 is 46.8 Å². The van der Waals surface area contributed by atoms with Crippen LogP contribution in [0.1, 0.15) is 55.5 Å². The third-order valence-corrected chi connectivity index (χ3v) is 11.6. The molecule has 3 atom stereocenters. The molecule has 2 N–H and O–H groups in total. The number of ether oxygens (including phenoxy) is 2. The van der Waals surface area contributed by atoms with Gasteiger partial charge in [-0.2, -0.15) is 0 Å². The van der Waals surface area contributed by atoms with Crippen molar-refractivity contribution in [3.63, 3.8) is 0 Å². The number of carboxylic acid groups (broad SMARTS) is 1. The van der Waals surface area contributed by atoms with E-state index >= 15 is 0 Å². The first-order valence-corrected chi connectivity index (χ1v) is 20.2. The number of pyridine rings is 1. The summed E-state index contributed by atoms with van der Waals surface area (Å²) in [6.07, 6.45) is 0.863. The van der Waals surface area contributed by atoms with Crippen molar-refractivity contribution < 1.29 is 33.8 Å². The summed E-state index contributed by atoms with van der Waals surface area (Å²) < 4.78 is 12.3. The van der Waals surface area contributed by atoms with E-state index in [1.54, 1.807) is 54.6 Å². The minimum atomic E-state index is -1.26. The van der Waals surface area contributed by atoms with Gasteiger partial charge in [0.15, 0.2) is 11.9 Å². The van der Waals surface area contributed by atoms with Crippen molar-refractivity contribution in [3.05, 3.63) is 182 Å². The fraction of sp³-hybridized carbons (Fsp3) is 0.188. The van der Waals surface area contributed by atoms with Gasteiger partial charge in [-0.15, -0.1) is 0 Å². The van der Waals surface area contributed by atoms with Gasteiger partial charge in [0.25, 0.3) is 5.91 Å². The number of carboxylic acids is 1. The topological polar surface area (TPSA) is 135 Å². The fourth-order valence-corrected chi connectivity index (χ4v) is 7.86. The Kier molecular flexibility index (Phi) is 11.7. The molecule has 0 saturated carbocycles. The van der Waals surface area contributed by atoms with E-state index in [0.29, 0.717) is 32.7 Å². The van der Waals surface area contributed by atoms with Gasteiger partial charge in [0.2, 0.25) is 5.91 Å². The largest absolute Gasteiger partial charge is 0.489 e. The Labute approximate surface area is 356 Å². The summed E-state index contributed by atoms with van der Waals surface area (Å²) in [6, 6.07) is 34.4. The molecule has 6 aromatic rings. The zero-order chi connectivity index (χ0) is 41.9. The molecule has 3 heterocycles. The molecule has 2 aliphatic rings. The number of hydrogen-bond donors (Lipinski definition) is 2. The number of carbonyl (C=O) groups is 4. The van der Waals surface area contributed by atoms with Crippen molar-refractivity contribution in [2.45, 2.75) is 57.5 Å². The smallest absolute Gasteiger partial charge is 0.326 e.